The summed E-state index contributed by atoms with van der Waals surface area (Å²) in [6, 6.07) is 8.03. The van der Waals surface area contributed by atoms with Crippen molar-refractivity contribution in [2.45, 2.75) is 11.4 Å². The number of rotatable bonds is 7. The van der Waals surface area contributed by atoms with E-state index < -0.39 is 5.97 Å². The second kappa shape index (κ2) is 7.73. The molecule has 1 rings (SSSR count). The van der Waals surface area contributed by atoms with Gasteiger partial charge >= 0.3 is 5.97 Å². The Kier molecular flexibility index (Phi) is 6.24. The van der Waals surface area contributed by atoms with Crippen LogP contribution in [0.4, 0.5) is 0 Å². The molecule has 1 aromatic rings. The van der Waals surface area contributed by atoms with Crippen LogP contribution in [0.2, 0.25) is 0 Å². The minimum Gasteiger partial charge on any atom is -0.480 e. The van der Waals surface area contributed by atoms with E-state index in [1.54, 1.807) is 11.8 Å². The maximum atomic E-state index is 11.2. The van der Waals surface area contributed by atoms with Crippen LogP contribution in [-0.2, 0) is 16.1 Å². The van der Waals surface area contributed by atoms with E-state index in [0.717, 1.165) is 5.56 Å². The highest BCUT2D eigenvalue weighted by atomic mass is 32.2. The molecule has 1 amide bonds. The van der Waals surface area contributed by atoms with Gasteiger partial charge in [0.1, 0.15) is 6.54 Å². The van der Waals surface area contributed by atoms with Crippen LogP contribution in [0, 0.1) is 0 Å². The van der Waals surface area contributed by atoms with Gasteiger partial charge in [-0.3, -0.25) is 9.59 Å². The lowest BCUT2D eigenvalue weighted by Crippen LogP contribution is -2.36. The maximum Gasteiger partial charge on any atom is 0.322 e. The molecule has 0 spiro atoms. The van der Waals surface area contributed by atoms with Crippen molar-refractivity contribution in [2.75, 3.05) is 19.3 Å². The minimum absolute atomic E-state index is 0.109. The third-order valence-electron chi connectivity index (χ3n) is 2.21. The van der Waals surface area contributed by atoms with Crippen molar-refractivity contribution in [2.24, 2.45) is 0 Å². The molecule has 98 valence electrons. The fourth-order valence-corrected chi connectivity index (χ4v) is 1.71. The summed E-state index contributed by atoms with van der Waals surface area (Å²) in [5, 5.41) is 13.6. The Bertz CT molecular complexity index is 406. The average molecular weight is 268 g/mol. The zero-order chi connectivity index (χ0) is 13.4. The Morgan fingerprint density at radius 1 is 1.22 bits per heavy atom. The molecule has 3 N–H and O–H groups in total. The number of nitrogens with one attached hydrogen (secondary N) is 2. The van der Waals surface area contributed by atoms with Crippen molar-refractivity contribution in [1.29, 1.82) is 0 Å². The number of aliphatic carboxylic acids is 1. The van der Waals surface area contributed by atoms with E-state index in [2.05, 4.69) is 10.6 Å². The van der Waals surface area contributed by atoms with E-state index in [4.69, 9.17) is 5.11 Å². The summed E-state index contributed by atoms with van der Waals surface area (Å²) in [4.78, 5) is 22.6. The number of carbonyl (C=O) groups is 2. The summed E-state index contributed by atoms with van der Waals surface area (Å²) >= 11 is 1.68. The van der Waals surface area contributed by atoms with Crippen LogP contribution in [0.5, 0.6) is 0 Å². The van der Waals surface area contributed by atoms with Gasteiger partial charge in [0, 0.05) is 11.4 Å². The van der Waals surface area contributed by atoms with E-state index in [1.165, 1.54) is 4.90 Å². The van der Waals surface area contributed by atoms with Crippen molar-refractivity contribution < 1.29 is 14.7 Å². The molecule has 0 saturated heterocycles. The SMILES string of the molecule is CSc1ccc(CNCC(=O)NCC(=O)O)cc1. The Morgan fingerprint density at radius 3 is 2.44 bits per heavy atom. The molecular weight excluding hydrogens is 252 g/mol. The van der Waals surface area contributed by atoms with Crippen molar-refractivity contribution in [3.05, 3.63) is 29.8 Å². The van der Waals surface area contributed by atoms with Gasteiger partial charge in [0.15, 0.2) is 0 Å². The molecule has 0 aromatic heterocycles. The largest absolute Gasteiger partial charge is 0.480 e. The van der Waals surface area contributed by atoms with Crippen molar-refractivity contribution in [3.8, 4) is 0 Å². The highest BCUT2D eigenvalue weighted by molar-refractivity contribution is 7.98. The Hall–Kier alpha value is -1.53. The van der Waals surface area contributed by atoms with E-state index in [9.17, 15) is 9.59 Å². The van der Waals surface area contributed by atoms with Crippen LogP contribution in [0.1, 0.15) is 5.56 Å². The van der Waals surface area contributed by atoms with Gasteiger partial charge in [0.2, 0.25) is 5.91 Å². The monoisotopic (exact) mass is 268 g/mol. The third kappa shape index (κ3) is 5.70. The lowest BCUT2D eigenvalue weighted by atomic mass is 10.2. The molecule has 0 fully saturated rings. The van der Waals surface area contributed by atoms with Crippen LogP contribution >= 0.6 is 11.8 Å². The second-order valence-electron chi connectivity index (χ2n) is 3.62. The molecule has 0 aliphatic rings. The van der Waals surface area contributed by atoms with E-state index in [0.29, 0.717) is 6.54 Å². The Morgan fingerprint density at radius 2 is 1.89 bits per heavy atom. The predicted octanol–water partition coefficient (Wildman–Crippen LogP) is 0.699. The van der Waals surface area contributed by atoms with E-state index in [1.807, 2.05) is 30.5 Å². The number of amides is 1. The van der Waals surface area contributed by atoms with Crippen LogP contribution in [0.15, 0.2) is 29.2 Å². The molecule has 0 atom stereocenters. The summed E-state index contributed by atoms with van der Waals surface area (Å²) in [5.74, 6) is -1.37. The normalized spacial score (nSPS) is 10.1. The molecule has 0 aliphatic carbocycles. The van der Waals surface area contributed by atoms with Crippen LogP contribution < -0.4 is 10.6 Å². The summed E-state index contributed by atoms with van der Waals surface area (Å²) in [6.45, 7) is 0.343. The van der Waals surface area contributed by atoms with E-state index >= 15 is 0 Å². The fraction of sp³-hybridized carbons (Fsp3) is 0.333. The van der Waals surface area contributed by atoms with E-state index in [-0.39, 0.29) is 19.0 Å². The number of hydrogen-bond acceptors (Lipinski definition) is 4. The lowest BCUT2D eigenvalue weighted by Gasteiger charge is -2.05. The minimum atomic E-state index is -1.05. The molecule has 0 bridgehead atoms. The van der Waals surface area contributed by atoms with Crippen molar-refractivity contribution in [3.63, 3.8) is 0 Å². The molecule has 5 nitrogen and oxygen atoms in total. The molecule has 0 heterocycles. The Labute approximate surface area is 110 Å². The predicted molar refractivity (Wildman–Crippen MR) is 70.6 cm³/mol. The molecule has 0 saturated carbocycles. The van der Waals surface area contributed by atoms with Crippen LogP contribution in [0.25, 0.3) is 0 Å². The maximum absolute atomic E-state index is 11.2. The third-order valence-corrected chi connectivity index (χ3v) is 2.95. The fourth-order valence-electron chi connectivity index (χ4n) is 1.30. The molecule has 6 heteroatoms. The van der Waals surface area contributed by atoms with Crippen LogP contribution in [0.3, 0.4) is 0 Å². The smallest absolute Gasteiger partial charge is 0.322 e. The molecular formula is C12H16N2O3S. The van der Waals surface area contributed by atoms with Gasteiger partial charge in [-0.2, -0.15) is 0 Å². The molecule has 0 unspecified atom stereocenters. The highest BCUT2D eigenvalue weighted by Gasteiger charge is 2.02. The quantitative estimate of drug-likeness (QED) is 0.634. The zero-order valence-corrected chi connectivity index (χ0v) is 10.9. The Balaban J connectivity index is 2.24. The summed E-state index contributed by atoms with van der Waals surface area (Å²) in [5.41, 5.74) is 1.08. The number of hydrogen-bond donors (Lipinski definition) is 3. The first-order valence-electron chi connectivity index (χ1n) is 5.44. The summed E-state index contributed by atoms with van der Waals surface area (Å²) in [7, 11) is 0. The standard InChI is InChI=1S/C12H16N2O3S/c1-18-10-4-2-9(3-5-10)6-13-7-11(15)14-8-12(16)17/h2-5,13H,6-8H2,1H3,(H,14,15)(H,16,17). The number of benzene rings is 1. The van der Waals surface area contributed by atoms with Gasteiger partial charge in [-0.05, 0) is 24.0 Å². The van der Waals surface area contributed by atoms with Gasteiger partial charge in [-0.25, -0.2) is 0 Å². The average Bonchev–Trinajstić information content (AvgIpc) is 2.37. The van der Waals surface area contributed by atoms with Gasteiger partial charge in [0.05, 0.1) is 6.54 Å². The first kappa shape index (κ1) is 14.5. The van der Waals surface area contributed by atoms with Crippen molar-refractivity contribution >= 4 is 23.6 Å². The number of carboxylic acids is 1. The number of carboxylic acid groups (broad SMARTS) is 1. The number of carbonyl (C=O) groups excluding carboxylic acids is 1. The number of thioether (sulfide) groups is 1. The van der Waals surface area contributed by atoms with Gasteiger partial charge in [0.25, 0.3) is 0 Å². The summed E-state index contributed by atoms with van der Waals surface area (Å²) in [6.07, 6.45) is 2.01. The zero-order valence-electron chi connectivity index (χ0n) is 10.1. The van der Waals surface area contributed by atoms with Crippen molar-refractivity contribution in [1.82, 2.24) is 10.6 Å². The second-order valence-corrected chi connectivity index (χ2v) is 4.50. The lowest BCUT2D eigenvalue weighted by molar-refractivity contribution is -0.137. The molecule has 0 aliphatic heterocycles. The molecule has 0 radical (unpaired) electrons. The molecule has 18 heavy (non-hydrogen) atoms. The topological polar surface area (TPSA) is 78.4 Å². The van der Waals surface area contributed by atoms with Crippen LogP contribution in [-0.4, -0.2) is 36.3 Å². The van der Waals surface area contributed by atoms with Gasteiger partial charge < -0.3 is 15.7 Å². The first-order chi connectivity index (χ1) is 8.61. The first-order valence-corrected chi connectivity index (χ1v) is 6.66. The summed E-state index contributed by atoms with van der Waals surface area (Å²) < 4.78 is 0. The van der Waals surface area contributed by atoms with Gasteiger partial charge in [-0.1, -0.05) is 12.1 Å². The molecule has 1 aromatic carbocycles. The highest BCUT2D eigenvalue weighted by Crippen LogP contribution is 2.14. The van der Waals surface area contributed by atoms with Gasteiger partial charge in [-0.15, -0.1) is 11.8 Å².